The third-order valence-corrected chi connectivity index (χ3v) is 4.81. The fourth-order valence-corrected chi connectivity index (χ4v) is 3.66. The second-order valence-corrected chi connectivity index (χ2v) is 6.62. The Morgan fingerprint density at radius 2 is 2.09 bits per heavy atom. The maximum Gasteiger partial charge on any atom is 0.229 e. The van der Waals surface area contributed by atoms with Gasteiger partial charge in [0, 0.05) is 29.9 Å². The minimum Gasteiger partial charge on any atom is -0.379 e. The second-order valence-electron chi connectivity index (χ2n) is 5.81. The van der Waals surface area contributed by atoms with Gasteiger partial charge in [-0.2, -0.15) is 4.98 Å². The molecule has 1 N–H and O–H groups in total. The van der Waals surface area contributed by atoms with Gasteiger partial charge < -0.3 is 15.0 Å². The Labute approximate surface area is 144 Å². The number of aryl methyl sites for hydroxylation is 1. The molecule has 0 amide bonds. The molecule has 23 heavy (non-hydrogen) atoms. The molecule has 2 aromatic rings. The summed E-state index contributed by atoms with van der Waals surface area (Å²) in [5.41, 5.74) is 2.65. The topological polar surface area (TPSA) is 50.3 Å². The van der Waals surface area contributed by atoms with E-state index in [4.69, 9.17) is 27.9 Å². The van der Waals surface area contributed by atoms with Crippen LogP contribution in [0.15, 0.2) is 18.2 Å². The summed E-state index contributed by atoms with van der Waals surface area (Å²) in [7, 11) is 0. The van der Waals surface area contributed by atoms with Crippen LogP contribution in [0.3, 0.4) is 0 Å². The average molecular weight is 351 g/mol. The number of rotatable bonds is 0. The van der Waals surface area contributed by atoms with E-state index in [1.54, 1.807) is 6.07 Å². The second kappa shape index (κ2) is 5.82. The summed E-state index contributed by atoms with van der Waals surface area (Å²) in [6.45, 7) is 4.12. The Kier molecular flexibility index (Phi) is 3.79. The van der Waals surface area contributed by atoms with Crippen LogP contribution in [-0.2, 0) is 4.74 Å². The summed E-state index contributed by atoms with van der Waals surface area (Å²) in [6, 6.07) is 5.74. The highest BCUT2D eigenvalue weighted by Crippen LogP contribution is 2.39. The first-order valence-corrected chi connectivity index (χ1v) is 8.33. The Bertz CT molecular complexity index is 768. The number of anilines is 3. The quantitative estimate of drug-likeness (QED) is 0.774. The molecule has 7 heteroatoms. The van der Waals surface area contributed by atoms with E-state index in [2.05, 4.69) is 20.2 Å². The smallest absolute Gasteiger partial charge is 0.229 e. The van der Waals surface area contributed by atoms with E-state index in [0.29, 0.717) is 22.6 Å². The van der Waals surface area contributed by atoms with Gasteiger partial charge in [-0.3, -0.25) is 0 Å². The third kappa shape index (κ3) is 2.73. The minimum atomic E-state index is 0.00284. The van der Waals surface area contributed by atoms with Crippen molar-refractivity contribution in [3.8, 4) is 0 Å². The molecule has 0 spiro atoms. The highest BCUT2D eigenvalue weighted by Gasteiger charge is 2.29. The van der Waals surface area contributed by atoms with Gasteiger partial charge in [-0.05, 0) is 31.0 Å². The fraction of sp³-hybridized carbons (Fsp3) is 0.375. The van der Waals surface area contributed by atoms with Gasteiger partial charge in [0.25, 0.3) is 0 Å². The molecule has 1 aromatic carbocycles. The number of fused-ring (bicyclic) bond motifs is 7. The zero-order valence-corrected chi connectivity index (χ0v) is 14.2. The van der Waals surface area contributed by atoms with Crippen molar-refractivity contribution in [1.82, 2.24) is 9.97 Å². The summed E-state index contributed by atoms with van der Waals surface area (Å²) in [5.74, 6) is 1.42. The number of ether oxygens (including phenoxy) is 1. The first-order chi connectivity index (χ1) is 11.1. The molecule has 1 atom stereocenters. The van der Waals surface area contributed by atoms with E-state index < -0.39 is 0 Å². The van der Waals surface area contributed by atoms with Crippen molar-refractivity contribution in [3.05, 3.63) is 39.5 Å². The van der Waals surface area contributed by atoms with E-state index in [9.17, 15) is 0 Å². The van der Waals surface area contributed by atoms with Gasteiger partial charge in [-0.1, -0.05) is 23.2 Å². The number of halogens is 2. The van der Waals surface area contributed by atoms with E-state index in [1.165, 1.54) is 0 Å². The lowest BCUT2D eigenvalue weighted by Crippen LogP contribution is -2.31. The highest BCUT2D eigenvalue weighted by atomic mass is 35.5. The monoisotopic (exact) mass is 350 g/mol. The van der Waals surface area contributed by atoms with Crippen molar-refractivity contribution in [1.29, 1.82) is 0 Å². The lowest BCUT2D eigenvalue weighted by molar-refractivity contribution is 0.134. The number of benzene rings is 1. The van der Waals surface area contributed by atoms with Crippen LogP contribution in [0.1, 0.15) is 23.7 Å². The zero-order chi connectivity index (χ0) is 16.0. The number of aromatic nitrogens is 2. The van der Waals surface area contributed by atoms with Crippen LogP contribution in [0.5, 0.6) is 0 Å². The van der Waals surface area contributed by atoms with Crippen molar-refractivity contribution in [2.24, 2.45) is 0 Å². The van der Waals surface area contributed by atoms with Gasteiger partial charge in [0.05, 0.1) is 23.4 Å². The van der Waals surface area contributed by atoms with Gasteiger partial charge in [-0.25, -0.2) is 4.98 Å². The summed E-state index contributed by atoms with van der Waals surface area (Å²) < 4.78 is 5.79. The van der Waals surface area contributed by atoms with Crippen molar-refractivity contribution in [2.45, 2.75) is 19.4 Å². The van der Waals surface area contributed by atoms with Crippen molar-refractivity contribution < 1.29 is 4.74 Å². The van der Waals surface area contributed by atoms with Crippen molar-refractivity contribution in [3.63, 3.8) is 0 Å². The van der Waals surface area contributed by atoms with Gasteiger partial charge in [0.15, 0.2) is 0 Å². The van der Waals surface area contributed by atoms with E-state index in [0.717, 1.165) is 42.3 Å². The largest absolute Gasteiger partial charge is 0.379 e. The Morgan fingerprint density at radius 3 is 2.96 bits per heavy atom. The summed E-state index contributed by atoms with van der Waals surface area (Å²) in [4.78, 5) is 11.4. The number of hydrogen-bond donors (Lipinski definition) is 1. The SMILES string of the molecule is Cc1cc2nc(n1)Nc1cc(c(Cl)cc1Cl)C1COCCCN21. The molecule has 2 aliphatic heterocycles. The molecule has 0 saturated carbocycles. The molecule has 1 fully saturated rings. The molecule has 1 aromatic heterocycles. The maximum atomic E-state index is 6.48. The maximum absolute atomic E-state index is 6.48. The van der Waals surface area contributed by atoms with Crippen LogP contribution in [0.25, 0.3) is 0 Å². The van der Waals surface area contributed by atoms with Crippen molar-refractivity contribution >= 4 is 40.7 Å². The summed E-state index contributed by atoms with van der Waals surface area (Å²) in [6.07, 6.45) is 0.945. The molecule has 1 saturated heterocycles. The molecular formula is C16H16Cl2N4O. The van der Waals surface area contributed by atoms with Gasteiger partial charge >= 0.3 is 0 Å². The predicted octanol–water partition coefficient (Wildman–Crippen LogP) is 4.12. The molecule has 0 aliphatic carbocycles. The normalized spacial score (nSPS) is 19.8. The first kappa shape index (κ1) is 15.0. The Balaban J connectivity index is 1.96. The van der Waals surface area contributed by atoms with E-state index in [-0.39, 0.29) is 6.04 Å². The molecule has 120 valence electrons. The molecule has 0 radical (unpaired) electrons. The standard InChI is InChI=1S/C16H16Cl2N4O/c1-9-5-15-21-16(19-9)20-13-6-10(11(17)7-12(13)18)14-8-23-4-2-3-22(14)15/h5-7,14H,2-4,8H2,1H3,(H,19,20,21). The minimum absolute atomic E-state index is 0.00284. The Morgan fingerprint density at radius 1 is 1.22 bits per heavy atom. The number of hydrogen-bond acceptors (Lipinski definition) is 5. The van der Waals surface area contributed by atoms with Crippen LogP contribution in [-0.4, -0.2) is 29.7 Å². The molecule has 4 rings (SSSR count). The summed E-state index contributed by atoms with van der Waals surface area (Å²) in [5, 5.41) is 4.40. The van der Waals surface area contributed by atoms with E-state index >= 15 is 0 Å². The molecule has 3 heterocycles. The lowest BCUT2D eigenvalue weighted by atomic mass is 10.0. The lowest BCUT2D eigenvalue weighted by Gasteiger charge is -2.31. The molecule has 5 nitrogen and oxygen atoms in total. The van der Waals surface area contributed by atoms with Crippen LogP contribution in [0, 0.1) is 6.92 Å². The van der Waals surface area contributed by atoms with E-state index in [1.807, 2.05) is 19.1 Å². The van der Waals surface area contributed by atoms with Gasteiger partial charge in [-0.15, -0.1) is 0 Å². The molecule has 2 aliphatic rings. The van der Waals surface area contributed by atoms with Crippen LogP contribution < -0.4 is 10.2 Å². The Hall–Kier alpha value is -1.56. The first-order valence-electron chi connectivity index (χ1n) is 7.58. The van der Waals surface area contributed by atoms with Gasteiger partial charge in [0.1, 0.15) is 5.82 Å². The predicted molar refractivity (Wildman–Crippen MR) is 92.0 cm³/mol. The third-order valence-electron chi connectivity index (χ3n) is 4.17. The molecule has 1 unspecified atom stereocenters. The van der Waals surface area contributed by atoms with Crippen molar-refractivity contribution in [2.75, 3.05) is 30.0 Å². The molecular weight excluding hydrogens is 335 g/mol. The van der Waals surface area contributed by atoms with Crippen LogP contribution in [0.2, 0.25) is 10.0 Å². The average Bonchev–Trinajstić information content (AvgIpc) is 2.73. The fourth-order valence-electron chi connectivity index (χ4n) is 3.10. The summed E-state index contributed by atoms with van der Waals surface area (Å²) >= 11 is 12.8. The van der Waals surface area contributed by atoms with Gasteiger partial charge in [0.2, 0.25) is 5.95 Å². The van der Waals surface area contributed by atoms with Crippen LogP contribution in [0.4, 0.5) is 17.5 Å². The highest BCUT2D eigenvalue weighted by molar-refractivity contribution is 6.37. The zero-order valence-electron chi connectivity index (χ0n) is 12.6. The van der Waals surface area contributed by atoms with Crippen LogP contribution >= 0.6 is 23.2 Å². The number of nitrogens with zero attached hydrogens (tertiary/aromatic N) is 3. The number of nitrogens with one attached hydrogen (secondary N) is 1. The molecule has 4 bridgehead atoms.